The van der Waals surface area contributed by atoms with Crippen LogP contribution in [0.25, 0.3) is 0 Å². The summed E-state index contributed by atoms with van der Waals surface area (Å²) in [6.45, 7) is 3.05. The number of nitrogens with zero attached hydrogens (tertiary/aromatic N) is 1. The number of rotatable bonds is 1. The van der Waals surface area contributed by atoms with E-state index in [1.165, 1.54) is 10.6 Å². The second kappa shape index (κ2) is 4.25. The van der Waals surface area contributed by atoms with E-state index in [9.17, 15) is 0 Å². The summed E-state index contributed by atoms with van der Waals surface area (Å²) in [5.74, 6) is 3.60. The van der Waals surface area contributed by atoms with Crippen LogP contribution in [-0.2, 0) is 0 Å². The minimum atomic E-state index is 0.940. The number of hydrogen-bond donors (Lipinski definition) is 0. The van der Waals surface area contributed by atoms with Crippen molar-refractivity contribution >= 4 is 17.5 Å². The summed E-state index contributed by atoms with van der Waals surface area (Å²) < 4.78 is 0. The Kier molecular flexibility index (Phi) is 3.25. The average molecular weight is 165 g/mol. The average Bonchev–Trinajstić information content (AvgIpc) is 2.06. The molecule has 0 saturated heterocycles. The van der Waals surface area contributed by atoms with Gasteiger partial charge in [0.1, 0.15) is 0 Å². The summed E-state index contributed by atoms with van der Waals surface area (Å²) in [7, 11) is 0. The summed E-state index contributed by atoms with van der Waals surface area (Å²) in [4.78, 5) is 5.56. The Morgan fingerprint density at radius 3 is 3.27 bits per heavy atom. The fraction of sp³-hybridized carbons (Fsp3) is 0.444. The lowest BCUT2D eigenvalue weighted by molar-refractivity contribution is 1.10. The molecule has 1 aliphatic heterocycles. The molecule has 0 saturated carbocycles. The molecule has 0 aliphatic carbocycles. The van der Waals surface area contributed by atoms with Gasteiger partial charge in [-0.25, -0.2) is 0 Å². The van der Waals surface area contributed by atoms with Gasteiger partial charge in [0.2, 0.25) is 0 Å². The van der Waals surface area contributed by atoms with Crippen LogP contribution in [0.4, 0.5) is 0 Å². The molecule has 1 heterocycles. The molecule has 0 radical (unpaired) electrons. The first kappa shape index (κ1) is 8.42. The summed E-state index contributed by atoms with van der Waals surface area (Å²) in [6, 6.07) is 0. The normalized spacial score (nSPS) is 21.1. The van der Waals surface area contributed by atoms with Crippen LogP contribution in [0.15, 0.2) is 16.0 Å². The smallest absolute Gasteiger partial charge is 0.0488 e. The largest absolute Gasteiger partial charge is 0.288 e. The monoisotopic (exact) mass is 165 g/mol. The molecular weight excluding hydrogens is 154 g/mol. The number of thioether (sulfide) groups is 1. The van der Waals surface area contributed by atoms with Gasteiger partial charge in [0.25, 0.3) is 0 Å². The molecule has 0 spiro atoms. The summed E-state index contributed by atoms with van der Waals surface area (Å²) in [5, 5.41) is 0. The quantitative estimate of drug-likeness (QED) is 0.542. The number of hydrogen-bond acceptors (Lipinski definition) is 2. The van der Waals surface area contributed by atoms with Crippen molar-refractivity contribution in [1.82, 2.24) is 0 Å². The van der Waals surface area contributed by atoms with Gasteiger partial charge in [0.05, 0.1) is 0 Å². The Hall–Kier alpha value is -0.680. The molecule has 2 heteroatoms. The van der Waals surface area contributed by atoms with Gasteiger partial charge in [-0.15, -0.1) is 18.2 Å². The molecule has 0 aromatic carbocycles. The third kappa shape index (κ3) is 2.13. The van der Waals surface area contributed by atoms with Crippen LogP contribution in [0, 0.1) is 12.3 Å². The molecule has 0 aromatic heterocycles. The van der Waals surface area contributed by atoms with Crippen molar-refractivity contribution in [1.29, 1.82) is 0 Å². The second-order valence-electron chi connectivity index (χ2n) is 2.21. The molecule has 58 valence electrons. The Labute approximate surface area is 72.0 Å². The van der Waals surface area contributed by atoms with E-state index in [1.807, 2.05) is 17.8 Å². The summed E-state index contributed by atoms with van der Waals surface area (Å²) >= 11 is 1.81. The molecule has 1 rings (SSSR count). The van der Waals surface area contributed by atoms with Crippen LogP contribution in [-0.4, -0.2) is 18.0 Å². The lowest BCUT2D eigenvalue weighted by Gasteiger charge is -2.12. The van der Waals surface area contributed by atoms with E-state index in [0.717, 1.165) is 18.7 Å². The minimum Gasteiger partial charge on any atom is -0.288 e. The highest BCUT2D eigenvalue weighted by Gasteiger charge is 2.08. The van der Waals surface area contributed by atoms with Gasteiger partial charge in [-0.2, -0.15) is 0 Å². The molecule has 0 fully saturated rings. The van der Waals surface area contributed by atoms with Crippen molar-refractivity contribution in [2.45, 2.75) is 13.3 Å². The molecule has 1 aliphatic rings. The molecule has 0 N–H and O–H groups in total. The first-order chi connectivity index (χ1) is 5.38. The molecule has 0 aromatic rings. The maximum atomic E-state index is 5.18. The van der Waals surface area contributed by atoms with E-state index in [0.29, 0.717) is 0 Å². The van der Waals surface area contributed by atoms with Gasteiger partial charge < -0.3 is 0 Å². The number of allylic oxidation sites excluding steroid dienone is 2. The Morgan fingerprint density at radius 2 is 2.64 bits per heavy atom. The standard InChI is InChI=1S/C9H11NS/c1-3-5-9-8(4-2)10-6-7-11-9/h1,5H,4,6-7H2,2H3/b9-5+. The lowest BCUT2D eigenvalue weighted by atomic mass is 10.2. The molecular formula is C9H11NS. The van der Waals surface area contributed by atoms with E-state index in [2.05, 4.69) is 17.8 Å². The zero-order valence-electron chi connectivity index (χ0n) is 6.63. The van der Waals surface area contributed by atoms with E-state index < -0.39 is 0 Å². The van der Waals surface area contributed by atoms with Gasteiger partial charge in [-0.05, 0) is 6.42 Å². The van der Waals surface area contributed by atoms with E-state index >= 15 is 0 Å². The van der Waals surface area contributed by atoms with Crippen LogP contribution in [0.1, 0.15) is 13.3 Å². The van der Waals surface area contributed by atoms with Gasteiger partial charge in [0, 0.05) is 29.0 Å². The lowest BCUT2D eigenvalue weighted by Crippen LogP contribution is -2.07. The van der Waals surface area contributed by atoms with Gasteiger partial charge in [0.15, 0.2) is 0 Å². The zero-order chi connectivity index (χ0) is 8.10. The second-order valence-corrected chi connectivity index (χ2v) is 3.34. The number of aliphatic imine (C=N–C) groups is 1. The topological polar surface area (TPSA) is 12.4 Å². The van der Waals surface area contributed by atoms with Crippen LogP contribution in [0.5, 0.6) is 0 Å². The highest BCUT2D eigenvalue weighted by molar-refractivity contribution is 8.04. The maximum absolute atomic E-state index is 5.18. The molecule has 0 unspecified atom stereocenters. The van der Waals surface area contributed by atoms with E-state index in [-0.39, 0.29) is 0 Å². The fourth-order valence-electron chi connectivity index (χ4n) is 0.984. The SMILES string of the molecule is C#C/C=C1/SCCN=C1CC. The van der Waals surface area contributed by atoms with Crippen molar-refractivity contribution in [3.05, 3.63) is 11.0 Å². The first-order valence-corrected chi connectivity index (χ1v) is 4.69. The van der Waals surface area contributed by atoms with Crippen LogP contribution in [0.3, 0.4) is 0 Å². The third-order valence-corrected chi connectivity index (χ3v) is 2.54. The van der Waals surface area contributed by atoms with Gasteiger partial charge >= 0.3 is 0 Å². The first-order valence-electron chi connectivity index (χ1n) is 3.71. The van der Waals surface area contributed by atoms with Crippen LogP contribution >= 0.6 is 11.8 Å². The fourth-order valence-corrected chi connectivity index (χ4v) is 1.91. The van der Waals surface area contributed by atoms with Crippen LogP contribution < -0.4 is 0 Å². The van der Waals surface area contributed by atoms with Crippen molar-refractivity contribution in [2.75, 3.05) is 12.3 Å². The predicted octanol–water partition coefficient (Wildman–Crippen LogP) is 2.10. The molecule has 0 atom stereocenters. The highest BCUT2D eigenvalue weighted by atomic mass is 32.2. The molecule has 0 bridgehead atoms. The van der Waals surface area contributed by atoms with Crippen molar-refractivity contribution < 1.29 is 0 Å². The van der Waals surface area contributed by atoms with Crippen LogP contribution in [0.2, 0.25) is 0 Å². The van der Waals surface area contributed by atoms with E-state index in [4.69, 9.17) is 6.42 Å². The Bertz CT molecular complexity index is 232. The summed E-state index contributed by atoms with van der Waals surface area (Å²) in [5.41, 5.74) is 1.17. The maximum Gasteiger partial charge on any atom is 0.0488 e. The Morgan fingerprint density at radius 1 is 1.82 bits per heavy atom. The molecule has 11 heavy (non-hydrogen) atoms. The molecule has 0 amide bonds. The van der Waals surface area contributed by atoms with Gasteiger partial charge in [-0.3, -0.25) is 4.99 Å². The van der Waals surface area contributed by atoms with Crippen molar-refractivity contribution in [3.63, 3.8) is 0 Å². The minimum absolute atomic E-state index is 0.940. The van der Waals surface area contributed by atoms with Crippen molar-refractivity contribution in [2.24, 2.45) is 4.99 Å². The Balaban J connectivity index is 2.79. The highest BCUT2D eigenvalue weighted by Crippen LogP contribution is 2.22. The van der Waals surface area contributed by atoms with Gasteiger partial charge in [-0.1, -0.05) is 12.8 Å². The third-order valence-electron chi connectivity index (χ3n) is 1.49. The van der Waals surface area contributed by atoms with Crippen molar-refractivity contribution in [3.8, 4) is 12.3 Å². The number of terminal acetylenes is 1. The molecule has 1 nitrogen and oxygen atoms in total. The van der Waals surface area contributed by atoms with E-state index in [1.54, 1.807) is 0 Å². The summed E-state index contributed by atoms with van der Waals surface area (Å²) in [6.07, 6.45) is 7.98. The zero-order valence-corrected chi connectivity index (χ0v) is 7.45. The predicted molar refractivity (Wildman–Crippen MR) is 52.0 cm³/mol.